The van der Waals surface area contributed by atoms with Crippen LogP contribution in [0.5, 0.6) is 0 Å². The normalized spacial score (nSPS) is 12.1. The largest absolute Gasteiger partial charge is 0.466 e. The number of nitrogens with two attached hydrogens (primary N) is 1. The first-order valence-electron chi connectivity index (χ1n) is 20.6. The summed E-state index contributed by atoms with van der Waals surface area (Å²) >= 11 is 0. The number of esters is 1. The van der Waals surface area contributed by atoms with E-state index in [1.54, 1.807) is 0 Å². The Bertz CT molecular complexity index is 608. The van der Waals surface area contributed by atoms with Crippen molar-refractivity contribution in [1.82, 2.24) is 0 Å². The number of hydrogen-bond acceptors (Lipinski definition) is 4. The molecular weight excluding hydrogens is 554 g/mol. The minimum atomic E-state index is -0.524. The minimum Gasteiger partial charge on any atom is -0.466 e. The number of ether oxygens (including phenoxy) is 1. The molecule has 0 aliphatic heterocycles. The molecular formula is C41H81NO3. The van der Waals surface area contributed by atoms with E-state index >= 15 is 0 Å². The molecule has 45 heavy (non-hydrogen) atoms. The van der Waals surface area contributed by atoms with Crippen molar-refractivity contribution in [2.45, 2.75) is 245 Å². The van der Waals surface area contributed by atoms with Crippen LogP contribution in [0.2, 0.25) is 0 Å². The Labute approximate surface area is 282 Å². The Morgan fingerprint density at radius 2 is 0.711 bits per heavy atom. The summed E-state index contributed by atoms with van der Waals surface area (Å²) in [6, 6.07) is -0.524. The van der Waals surface area contributed by atoms with Crippen molar-refractivity contribution in [3.63, 3.8) is 0 Å². The Balaban J connectivity index is 3.37. The molecule has 0 amide bonds. The molecule has 1 atom stereocenters. The van der Waals surface area contributed by atoms with Crippen LogP contribution >= 0.6 is 0 Å². The number of Topliss-reactive ketones (excluding diaryl/α,β-unsaturated/α-hetero) is 1. The van der Waals surface area contributed by atoms with Crippen molar-refractivity contribution in [3.05, 3.63) is 0 Å². The molecule has 0 unspecified atom stereocenters. The number of rotatable bonds is 38. The summed E-state index contributed by atoms with van der Waals surface area (Å²) in [5.74, 6) is -0.104. The maximum absolute atomic E-state index is 12.4. The Kier molecular flexibility index (Phi) is 36.8. The van der Waals surface area contributed by atoms with Gasteiger partial charge in [0, 0.05) is 12.8 Å². The van der Waals surface area contributed by atoms with E-state index in [0.29, 0.717) is 19.4 Å². The van der Waals surface area contributed by atoms with E-state index in [9.17, 15) is 9.59 Å². The van der Waals surface area contributed by atoms with Crippen molar-refractivity contribution in [2.24, 2.45) is 5.73 Å². The molecule has 268 valence electrons. The van der Waals surface area contributed by atoms with Crippen molar-refractivity contribution in [2.75, 3.05) is 6.61 Å². The van der Waals surface area contributed by atoms with E-state index in [1.165, 1.54) is 180 Å². The van der Waals surface area contributed by atoms with E-state index in [1.807, 2.05) is 0 Å². The van der Waals surface area contributed by atoms with Crippen LogP contribution in [0.25, 0.3) is 0 Å². The lowest BCUT2D eigenvalue weighted by Crippen LogP contribution is -2.31. The van der Waals surface area contributed by atoms with Gasteiger partial charge in [-0.05, 0) is 19.3 Å². The fourth-order valence-corrected chi connectivity index (χ4v) is 6.38. The monoisotopic (exact) mass is 636 g/mol. The van der Waals surface area contributed by atoms with Crippen molar-refractivity contribution in [3.8, 4) is 0 Å². The molecule has 0 aliphatic rings. The predicted molar refractivity (Wildman–Crippen MR) is 197 cm³/mol. The van der Waals surface area contributed by atoms with Crippen LogP contribution in [0.4, 0.5) is 0 Å². The lowest BCUT2D eigenvalue weighted by atomic mass is 10.0. The third-order valence-electron chi connectivity index (χ3n) is 9.61. The van der Waals surface area contributed by atoms with Gasteiger partial charge in [-0.15, -0.1) is 0 Å². The molecule has 0 rings (SSSR count). The predicted octanol–water partition coefficient (Wildman–Crippen LogP) is 13.1. The third kappa shape index (κ3) is 35.8. The molecule has 0 aromatic carbocycles. The van der Waals surface area contributed by atoms with Crippen LogP contribution in [-0.4, -0.2) is 24.4 Å². The summed E-state index contributed by atoms with van der Waals surface area (Å²) < 4.78 is 5.38. The average molecular weight is 636 g/mol. The number of ketones is 1. The second-order valence-corrected chi connectivity index (χ2v) is 14.2. The van der Waals surface area contributed by atoms with E-state index in [-0.39, 0.29) is 18.2 Å². The van der Waals surface area contributed by atoms with E-state index in [4.69, 9.17) is 10.5 Å². The van der Waals surface area contributed by atoms with E-state index in [0.717, 1.165) is 25.7 Å². The number of hydrogen-bond donors (Lipinski definition) is 1. The second-order valence-electron chi connectivity index (χ2n) is 14.2. The van der Waals surface area contributed by atoms with E-state index < -0.39 is 6.04 Å². The quantitative estimate of drug-likeness (QED) is 0.0541. The summed E-state index contributed by atoms with van der Waals surface area (Å²) in [4.78, 5) is 24.4. The van der Waals surface area contributed by atoms with Crippen LogP contribution in [-0.2, 0) is 14.3 Å². The number of carbonyl (C=O) groups is 2. The second kappa shape index (κ2) is 37.6. The Hall–Kier alpha value is -0.900. The van der Waals surface area contributed by atoms with Gasteiger partial charge in [0.15, 0.2) is 0 Å². The summed E-state index contributed by atoms with van der Waals surface area (Å²) in [6.45, 7) is 5.06. The van der Waals surface area contributed by atoms with Crippen molar-refractivity contribution < 1.29 is 14.3 Å². The molecule has 0 aromatic rings. The molecule has 0 bridgehead atoms. The fourth-order valence-electron chi connectivity index (χ4n) is 6.38. The molecule has 4 heteroatoms. The van der Waals surface area contributed by atoms with Gasteiger partial charge in [0.25, 0.3) is 0 Å². The minimum absolute atomic E-state index is 0.103. The SMILES string of the molecule is CCCCCCCCCCCCCCCCCCOC(=O)CC[C@H](N)C(=O)CCCCCCCCCCCCCCCCCC. The van der Waals surface area contributed by atoms with Gasteiger partial charge in [0.1, 0.15) is 5.78 Å². The standard InChI is InChI=1S/C41H81NO3/c1-3-5-7-9-11-13-15-17-19-21-23-25-27-29-31-33-35-40(43)39(42)36-37-41(44)45-38-34-32-30-28-26-24-22-20-18-16-14-12-10-8-6-4-2/h39H,3-38,42H2,1-2H3/t39-/m0/s1. The van der Waals surface area contributed by atoms with Crippen LogP contribution < -0.4 is 5.73 Å². The Morgan fingerprint density at radius 3 is 1.04 bits per heavy atom. The number of unbranched alkanes of at least 4 members (excludes halogenated alkanes) is 30. The zero-order chi connectivity index (χ0) is 32.9. The van der Waals surface area contributed by atoms with Gasteiger partial charge in [-0.2, -0.15) is 0 Å². The van der Waals surface area contributed by atoms with Crippen LogP contribution in [0.3, 0.4) is 0 Å². The summed E-state index contributed by atoms with van der Waals surface area (Å²) in [5, 5.41) is 0. The molecule has 0 radical (unpaired) electrons. The molecule has 0 heterocycles. The van der Waals surface area contributed by atoms with Crippen LogP contribution in [0.15, 0.2) is 0 Å². The Morgan fingerprint density at radius 1 is 0.422 bits per heavy atom. The molecule has 4 nitrogen and oxygen atoms in total. The highest BCUT2D eigenvalue weighted by atomic mass is 16.5. The zero-order valence-electron chi connectivity index (χ0n) is 30.8. The summed E-state index contributed by atoms with van der Waals surface area (Å²) in [5.41, 5.74) is 6.07. The molecule has 0 spiro atoms. The van der Waals surface area contributed by atoms with Gasteiger partial charge in [0.2, 0.25) is 0 Å². The summed E-state index contributed by atoms with van der Waals surface area (Å²) in [7, 11) is 0. The first-order valence-corrected chi connectivity index (χ1v) is 20.6. The lowest BCUT2D eigenvalue weighted by Gasteiger charge is -2.10. The molecule has 0 saturated heterocycles. The lowest BCUT2D eigenvalue weighted by molar-refractivity contribution is -0.144. The van der Waals surface area contributed by atoms with Gasteiger partial charge < -0.3 is 10.5 Å². The van der Waals surface area contributed by atoms with Gasteiger partial charge >= 0.3 is 5.97 Å². The van der Waals surface area contributed by atoms with Gasteiger partial charge in [-0.3, -0.25) is 9.59 Å². The van der Waals surface area contributed by atoms with Crippen molar-refractivity contribution >= 4 is 11.8 Å². The number of carbonyl (C=O) groups excluding carboxylic acids is 2. The zero-order valence-corrected chi connectivity index (χ0v) is 30.8. The molecule has 0 aromatic heterocycles. The fraction of sp³-hybridized carbons (Fsp3) is 0.951. The first-order chi connectivity index (χ1) is 22.1. The van der Waals surface area contributed by atoms with Crippen molar-refractivity contribution in [1.29, 1.82) is 0 Å². The first kappa shape index (κ1) is 44.1. The summed E-state index contributed by atoms with van der Waals surface area (Å²) in [6.07, 6.45) is 43.9. The highest BCUT2D eigenvalue weighted by molar-refractivity contribution is 5.84. The topological polar surface area (TPSA) is 69.4 Å². The van der Waals surface area contributed by atoms with E-state index in [2.05, 4.69) is 13.8 Å². The van der Waals surface area contributed by atoms with Gasteiger partial charge in [-0.25, -0.2) is 0 Å². The highest BCUT2D eigenvalue weighted by Gasteiger charge is 2.15. The molecule has 0 fully saturated rings. The van der Waals surface area contributed by atoms with Gasteiger partial charge in [0.05, 0.1) is 12.6 Å². The molecule has 0 aliphatic carbocycles. The maximum Gasteiger partial charge on any atom is 0.305 e. The van der Waals surface area contributed by atoms with Crippen LogP contribution in [0, 0.1) is 0 Å². The maximum atomic E-state index is 12.4. The van der Waals surface area contributed by atoms with Crippen LogP contribution in [0.1, 0.15) is 239 Å². The third-order valence-corrected chi connectivity index (χ3v) is 9.61. The molecule has 0 saturated carbocycles. The smallest absolute Gasteiger partial charge is 0.305 e. The average Bonchev–Trinajstić information content (AvgIpc) is 3.04. The highest BCUT2D eigenvalue weighted by Crippen LogP contribution is 2.16. The van der Waals surface area contributed by atoms with Gasteiger partial charge in [-0.1, -0.05) is 206 Å². The molecule has 2 N–H and O–H groups in total.